The van der Waals surface area contributed by atoms with Gasteiger partial charge in [0.25, 0.3) is 0 Å². The second-order valence-electron chi connectivity index (χ2n) is 6.91. The lowest BCUT2D eigenvalue weighted by Gasteiger charge is -2.36. The number of pyridine rings is 1. The molecule has 144 valence electrons. The van der Waals surface area contributed by atoms with E-state index in [1.807, 2.05) is 13.1 Å². The smallest absolute Gasteiger partial charge is 0.142 e. The summed E-state index contributed by atoms with van der Waals surface area (Å²) in [4.78, 5) is 8.11. The normalized spacial score (nSPS) is 19.0. The molecule has 1 unspecified atom stereocenters. The summed E-state index contributed by atoms with van der Waals surface area (Å²) in [6.07, 6.45) is 4.15. The molecule has 0 radical (unpaired) electrons. The Labute approximate surface area is 162 Å². The zero-order valence-electron chi connectivity index (χ0n) is 15.7. The molecule has 0 bridgehead atoms. The summed E-state index contributed by atoms with van der Waals surface area (Å²) in [5.41, 5.74) is 2.24. The minimum absolute atomic E-state index is 0.317. The number of hydrogen-bond donors (Lipinski definition) is 2. The summed E-state index contributed by atoms with van der Waals surface area (Å²) in [7, 11) is 0. The van der Waals surface area contributed by atoms with Crippen LogP contribution in [0.5, 0.6) is 0 Å². The minimum Gasteiger partial charge on any atom is -0.382 e. The Kier molecular flexibility index (Phi) is 5.43. The van der Waals surface area contributed by atoms with Crippen LogP contribution in [0.2, 0.25) is 0 Å². The van der Waals surface area contributed by atoms with Crippen LogP contribution in [0.4, 0.5) is 9.39 Å². The van der Waals surface area contributed by atoms with Crippen LogP contribution in [0.15, 0.2) is 18.3 Å². The molecule has 5 nitrogen and oxygen atoms in total. The van der Waals surface area contributed by atoms with Gasteiger partial charge in [0.2, 0.25) is 0 Å². The second kappa shape index (κ2) is 7.96. The van der Waals surface area contributed by atoms with Crippen molar-refractivity contribution in [1.82, 2.24) is 15.2 Å². The number of fused-ring (bicyclic) bond motifs is 2. The second-order valence-corrected chi connectivity index (χ2v) is 8.17. The van der Waals surface area contributed by atoms with E-state index in [1.54, 1.807) is 17.4 Å². The Bertz CT molecular complexity index is 942. The number of thiophene rings is 1. The van der Waals surface area contributed by atoms with Crippen molar-refractivity contribution >= 4 is 28.2 Å². The summed E-state index contributed by atoms with van der Waals surface area (Å²) < 4.78 is 19.3. The monoisotopic (exact) mass is 388 g/mol. The Hall–Kier alpha value is -1.96. The van der Waals surface area contributed by atoms with Crippen LogP contribution in [0, 0.1) is 12.7 Å². The number of rotatable bonds is 5. The van der Waals surface area contributed by atoms with E-state index in [0.29, 0.717) is 6.04 Å². The van der Waals surface area contributed by atoms with Crippen LogP contribution >= 0.6 is 11.3 Å². The Balaban J connectivity index is 1.76. The van der Waals surface area contributed by atoms with Gasteiger partial charge in [0.05, 0.1) is 17.2 Å². The van der Waals surface area contributed by atoms with Crippen molar-refractivity contribution in [3.05, 3.63) is 45.2 Å². The van der Waals surface area contributed by atoms with Crippen molar-refractivity contribution in [2.45, 2.75) is 26.3 Å². The Morgan fingerprint density at radius 2 is 2.30 bits per heavy atom. The highest BCUT2D eigenvalue weighted by atomic mass is 32.1. The lowest BCUT2D eigenvalue weighted by molar-refractivity contribution is 0.127. The van der Waals surface area contributed by atoms with Gasteiger partial charge in [-0.3, -0.25) is 4.98 Å². The van der Waals surface area contributed by atoms with Crippen molar-refractivity contribution in [3.63, 3.8) is 0 Å². The highest BCUT2D eigenvalue weighted by Gasteiger charge is 2.26. The van der Waals surface area contributed by atoms with Gasteiger partial charge in [-0.15, -0.1) is 11.3 Å². The quantitative estimate of drug-likeness (QED) is 0.763. The third kappa shape index (κ3) is 3.85. The Morgan fingerprint density at radius 3 is 3.15 bits per heavy atom. The lowest BCUT2D eigenvalue weighted by atomic mass is 10.1. The summed E-state index contributed by atoms with van der Waals surface area (Å²) in [6.45, 7) is 8.33. The molecule has 4 rings (SSSR count). The molecule has 0 spiro atoms. The third-order valence-corrected chi connectivity index (χ3v) is 5.95. The number of hydrogen-bond acceptors (Lipinski definition) is 6. The van der Waals surface area contributed by atoms with Gasteiger partial charge >= 0.3 is 0 Å². The molecular weight excluding hydrogens is 363 g/mol. The number of aromatic nitrogens is 1. The zero-order valence-corrected chi connectivity index (χ0v) is 16.5. The summed E-state index contributed by atoms with van der Waals surface area (Å²) in [5.74, 6) is -0.317. The number of aryl methyl sites for hydroxylation is 1. The minimum atomic E-state index is -0.317. The largest absolute Gasteiger partial charge is 0.382 e. The first kappa shape index (κ1) is 18.4. The third-order valence-electron chi connectivity index (χ3n) is 4.96. The van der Waals surface area contributed by atoms with Crippen molar-refractivity contribution in [2.75, 3.05) is 38.2 Å². The maximum Gasteiger partial charge on any atom is 0.142 e. The van der Waals surface area contributed by atoms with Crippen molar-refractivity contribution in [2.24, 2.45) is 0 Å². The molecule has 2 aromatic heterocycles. The van der Waals surface area contributed by atoms with E-state index < -0.39 is 0 Å². The molecule has 7 heteroatoms. The molecule has 1 fully saturated rings. The van der Waals surface area contributed by atoms with Crippen LogP contribution < -0.4 is 21.2 Å². The highest BCUT2D eigenvalue weighted by molar-refractivity contribution is 7.16. The van der Waals surface area contributed by atoms with E-state index in [9.17, 15) is 4.39 Å². The van der Waals surface area contributed by atoms with Crippen LogP contribution in [0.25, 0.3) is 11.9 Å². The summed E-state index contributed by atoms with van der Waals surface area (Å²) >= 11 is 1.72. The van der Waals surface area contributed by atoms with E-state index >= 15 is 0 Å². The van der Waals surface area contributed by atoms with Gasteiger partial charge in [0, 0.05) is 60.7 Å². The van der Waals surface area contributed by atoms with Crippen molar-refractivity contribution in [3.8, 4) is 0 Å². The van der Waals surface area contributed by atoms with Gasteiger partial charge < -0.3 is 20.3 Å². The molecule has 27 heavy (non-hydrogen) atoms. The van der Waals surface area contributed by atoms with Gasteiger partial charge in [-0.2, -0.15) is 0 Å². The van der Waals surface area contributed by atoms with Crippen LogP contribution in [0.3, 0.4) is 0 Å². The fourth-order valence-corrected chi connectivity index (χ4v) is 4.63. The number of ether oxygens (including phenoxy) is 1. The average molecular weight is 389 g/mol. The van der Waals surface area contributed by atoms with Gasteiger partial charge in [-0.05, 0) is 32.4 Å². The first-order chi connectivity index (χ1) is 13.2. The number of piperazine rings is 1. The van der Waals surface area contributed by atoms with E-state index in [-0.39, 0.29) is 5.82 Å². The maximum atomic E-state index is 13.8. The molecular formula is C20H25FN4OS. The fraction of sp³-hybridized carbons (Fsp3) is 0.450. The predicted molar refractivity (Wildman–Crippen MR) is 108 cm³/mol. The molecule has 2 aliphatic rings. The molecule has 2 aromatic rings. The summed E-state index contributed by atoms with van der Waals surface area (Å²) in [5, 5.41) is 9.66. The van der Waals surface area contributed by atoms with Crippen LogP contribution in [-0.4, -0.2) is 48.8 Å². The fourth-order valence-electron chi connectivity index (χ4n) is 3.74. The van der Waals surface area contributed by atoms with E-state index in [1.165, 1.54) is 11.1 Å². The molecule has 4 heterocycles. The number of nitrogens with zero attached hydrogens (tertiary/aromatic N) is 2. The highest BCUT2D eigenvalue weighted by Crippen LogP contribution is 2.34. The van der Waals surface area contributed by atoms with Crippen molar-refractivity contribution in [1.29, 1.82) is 0 Å². The van der Waals surface area contributed by atoms with Gasteiger partial charge in [-0.25, -0.2) is 4.39 Å². The molecule has 2 N–H and O–H groups in total. The molecule has 1 atom stereocenters. The average Bonchev–Trinajstić information content (AvgIpc) is 2.96. The number of nitrogens with one attached hydrogen (secondary N) is 2. The standard InChI is InChI=1S/C20H25FN4OS/c1-3-26-7-4-16-12-25(6-5-22-16)19-17-8-13(2)27-20(17)24-10-14-9-15(21)11-23-18(14)19/h8-11,16,22,24H,3-7,12H2,1-2H3. The molecule has 0 aliphatic carbocycles. The van der Waals surface area contributed by atoms with Crippen molar-refractivity contribution < 1.29 is 9.13 Å². The van der Waals surface area contributed by atoms with Gasteiger partial charge in [0.15, 0.2) is 0 Å². The lowest BCUT2D eigenvalue weighted by Crippen LogP contribution is -2.52. The molecule has 0 amide bonds. The molecule has 0 saturated carbocycles. The summed E-state index contributed by atoms with van der Waals surface area (Å²) in [6, 6.07) is 4.12. The van der Waals surface area contributed by atoms with E-state index in [0.717, 1.165) is 66.1 Å². The van der Waals surface area contributed by atoms with E-state index in [4.69, 9.17) is 4.74 Å². The number of anilines is 1. The van der Waals surface area contributed by atoms with Crippen LogP contribution in [-0.2, 0) is 4.74 Å². The van der Waals surface area contributed by atoms with Gasteiger partial charge in [0.1, 0.15) is 10.8 Å². The SMILES string of the molecule is CCOCCC1CN(C2=c3ncc(F)cc3=CNc3sc(C)cc32)CCN1. The number of halogens is 1. The van der Waals surface area contributed by atoms with Crippen LogP contribution in [0.1, 0.15) is 23.8 Å². The maximum absolute atomic E-state index is 13.8. The van der Waals surface area contributed by atoms with E-state index in [2.05, 4.69) is 33.5 Å². The predicted octanol–water partition coefficient (Wildman–Crippen LogP) is 1.61. The topological polar surface area (TPSA) is 49.4 Å². The first-order valence-corrected chi connectivity index (χ1v) is 10.3. The molecule has 2 aliphatic heterocycles. The molecule has 0 aromatic carbocycles. The first-order valence-electron chi connectivity index (χ1n) is 9.45. The zero-order chi connectivity index (χ0) is 18.8. The molecule has 1 saturated heterocycles. The Morgan fingerprint density at radius 1 is 1.41 bits per heavy atom. The van der Waals surface area contributed by atoms with Gasteiger partial charge in [-0.1, -0.05) is 0 Å².